The summed E-state index contributed by atoms with van der Waals surface area (Å²) < 4.78 is 0. The lowest BCUT2D eigenvalue weighted by Gasteiger charge is -2.20. The molecule has 0 saturated carbocycles. The van der Waals surface area contributed by atoms with Crippen LogP contribution in [0.15, 0.2) is 12.2 Å². The Morgan fingerprint density at radius 3 is 2.55 bits per heavy atom. The van der Waals surface area contributed by atoms with Crippen LogP contribution in [-0.4, -0.2) is 17.1 Å². The second kappa shape index (κ2) is 4.78. The number of hydrogen-bond acceptors (Lipinski definition) is 1. The minimum absolute atomic E-state index is 0.171. The van der Waals surface area contributed by atoms with Crippen molar-refractivity contribution in [3.8, 4) is 0 Å². The molecule has 0 bridgehead atoms. The molecule has 1 aliphatic carbocycles. The molecule has 1 aliphatic rings. The van der Waals surface area contributed by atoms with Crippen LogP contribution in [0.3, 0.4) is 0 Å². The molecule has 1 nitrogen and oxygen atoms in total. The van der Waals surface area contributed by atoms with Crippen molar-refractivity contribution < 1.29 is 5.11 Å². The summed E-state index contributed by atoms with van der Waals surface area (Å²) in [6.07, 6.45) is 8.53. The summed E-state index contributed by atoms with van der Waals surface area (Å²) in [6, 6.07) is 0. The third-order valence-corrected chi connectivity index (χ3v) is 2.80. The second-order valence-corrected chi connectivity index (χ2v) is 3.65. The SMILES string of the molecule is OCC1CC/C=C\CCC1Cl. The van der Waals surface area contributed by atoms with Gasteiger partial charge in [-0.1, -0.05) is 12.2 Å². The fourth-order valence-electron chi connectivity index (χ4n) is 1.42. The van der Waals surface area contributed by atoms with E-state index in [1.54, 1.807) is 0 Å². The third-order valence-electron chi connectivity index (χ3n) is 2.23. The molecule has 0 aliphatic heterocycles. The maximum atomic E-state index is 8.97. The van der Waals surface area contributed by atoms with E-state index in [-0.39, 0.29) is 12.0 Å². The lowest BCUT2D eigenvalue weighted by atomic mass is 9.94. The van der Waals surface area contributed by atoms with Crippen LogP contribution in [0.25, 0.3) is 0 Å². The predicted octanol–water partition coefficient (Wildman–Crippen LogP) is 2.33. The number of aliphatic hydroxyl groups is 1. The highest BCUT2D eigenvalue weighted by molar-refractivity contribution is 6.20. The van der Waals surface area contributed by atoms with Gasteiger partial charge >= 0.3 is 0 Å². The van der Waals surface area contributed by atoms with Gasteiger partial charge in [0.2, 0.25) is 0 Å². The van der Waals surface area contributed by atoms with E-state index >= 15 is 0 Å². The van der Waals surface area contributed by atoms with Crippen molar-refractivity contribution in [2.45, 2.75) is 31.1 Å². The van der Waals surface area contributed by atoms with Crippen molar-refractivity contribution in [3.05, 3.63) is 12.2 Å². The lowest BCUT2D eigenvalue weighted by Crippen LogP contribution is -2.19. The highest BCUT2D eigenvalue weighted by Gasteiger charge is 2.17. The molecule has 0 amide bonds. The van der Waals surface area contributed by atoms with E-state index in [2.05, 4.69) is 12.2 Å². The molecule has 0 radical (unpaired) electrons. The molecule has 2 heteroatoms. The molecule has 0 aromatic rings. The van der Waals surface area contributed by atoms with Crippen molar-refractivity contribution in [1.82, 2.24) is 0 Å². The van der Waals surface area contributed by atoms with E-state index in [0.29, 0.717) is 5.92 Å². The van der Waals surface area contributed by atoms with E-state index in [1.165, 1.54) is 0 Å². The minimum Gasteiger partial charge on any atom is -0.396 e. The normalized spacial score (nSPS) is 35.8. The summed E-state index contributed by atoms with van der Waals surface area (Å²) in [4.78, 5) is 0. The molecule has 0 fully saturated rings. The van der Waals surface area contributed by atoms with Crippen molar-refractivity contribution in [2.75, 3.05) is 6.61 Å². The second-order valence-electron chi connectivity index (χ2n) is 3.08. The Labute approximate surface area is 73.1 Å². The zero-order valence-electron chi connectivity index (χ0n) is 6.67. The number of rotatable bonds is 1. The van der Waals surface area contributed by atoms with Gasteiger partial charge < -0.3 is 5.11 Å². The first-order valence-electron chi connectivity index (χ1n) is 4.24. The molecule has 2 atom stereocenters. The van der Waals surface area contributed by atoms with Crippen LogP contribution in [0.2, 0.25) is 0 Å². The van der Waals surface area contributed by atoms with E-state index < -0.39 is 0 Å². The zero-order valence-corrected chi connectivity index (χ0v) is 7.43. The first kappa shape index (κ1) is 9.08. The van der Waals surface area contributed by atoms with Crippen LogP contribution in [0.5, 0.6) is 0 Å². The van der Waals surface area contributed by atoms with Crippen LogP contribution in [0.4, 0.5) is 0 Å². The van der Waals surface area contributed by atoms with Gasteiger partial charge in [-0.2, -0.15) is 0 Å². The Hall–Kier alpha value is -0.0100. The summed E-state index contributed by atoms with van der Waals surface area (Å²) in [5.41, 5.74) is 0. The Bertz CT molecular complexity index is 134. The van der Waals surface area contributed by atoms with Crippen molar-refractivity contribution >= 4 is 11.6 Å². The van der Waals surface area contributed by atoms with E-state index in [1.807, 2.05) is 0 Å². The zero-order chi connectivity index (χ0) is 8.10. The molecule has 0 saturated heterocycles. The van der Waals surface area contributed by atoms with Crippen LogP contribution in [-0.2, 0) is 0 Å². The molecular weight excluding hydrogens is 160 g/mol. The Balaban J connectivity index is 2.43. The van der Waals surface area contributed by atoms with Crippen molar-refractivity contribution in [3.63, 3.8) is 0 Å². The number of halogens is 1. The monoisotopic (exact) mass is 174 g/mol. The van der Waals surface area contributed by atoms with Gasteiger partial charge in [0, 0.05) is 12.0 Å². The summed E-state index contributed by atoms with van der Waals surface area (Å²) in [5.74, 6) is 0.307. The van der Waals surface area contributed by atoms with Crippen LogP contribution < -0.4 is 0 Å². The van der Waals surface area contributed by atoms with Gasteiger partial charge in [0.15, 0.2) is 0 Å². The minimum atomic E-state index is 0.171. The third kappa shape index (κ3) is 2.84. The van der Waals surface area contributed by atoms with Gasteiger partial charge in [0.05, 0.1) is 0 Å². The topological polar surface area (TPSA) is 20.2 Å². The average Bonchev–Trinajstić information content (AvgIpc) is 1.98. The molecule has 0 heterocycles. The fraction of sp³-hybridized carbons (Fsp3) is 0.778. The van der Waals surface area contributed by atoms with Gasteiger partial charge in [0.1, 0.15) is 0 Å². The largest absolute Gasteiger partial charge is 0.396 e. The highest BCUT2D eigenvalue weighted by atomic mass is 35.5. The Morgan fingerprint density at radius 2 is 1.91 bits per heavy atom. The van der Waals surface area contributed by atoms with Crippen LogP contribution >= 0.6 is 11.6 Å². The number of hydrogen-bond donors (Lipinski definition) is 1. The van der Waals surface area contributed by atoms with Gasteiger partial charge in [-0.3, -0.25) is 0 Å². The quantitative estimate of drug-likeness (QED) is 0.478. The van der Waals surface area contributed by atoms with Gasteiger partial charge in [-0.25, -0.2) is 0 Å². The van der Waals surface area contributed by atoms with Crippen molar-refractivity contribution in [2.24, 2.45) is 5.92 Å². The smallest absolute Gasteiger partial charge is 0.0473 e. The average molecular weight is 175 g/mol. The maximum Gasteiger partial charge on any atom is 0.0473 e. The van der Waals surface area contributed by atoms with Crippen molar-refractivity contribution in [1.29, 1.82) is 0 Å². The summed E-state index contributed by atoms with van der Waals surface area (Å²) in [6.45, 7) is 0.238. The number of allylic oxidation sites excluding steroid dienone is 2. The lowest BCUT2D eigenvalue weighted by molar-refractivity contribution is 0.211. The molecular formula is C9H15ClO. The standard InChI is InChI=1S/C9H15ClO/c10-9-6-4-2-1-3-5-8(9)7-11/h1-2,8-9,11H,3-7H2/b2-1-. The van der Waals surface area contributed by atoms with E-state index in [0.717, 1.165) is 25.7 Å². The van der Waals surface area contributed by atoms with Gasteiger partial charge in [-0.05, 0) is 31.6 Å². The highest BCUT2D eigenvalue weighted by Crippen LogP contribution is 2.23. The number of alkyl halides is 1. The van der Waals surface area contributed by atoms with Gasteiger partial charge in [0.25, 0.3) is 0 Å². The molecule has 64 valence electrons. The summed E-state index contributed by atoms with van der Waals surface area (Å²) in [5, 5.41) is 9.14. The maximum absolute atomic E-state index is 8.97. The Morgan fingerprint density at radius 1 is 1.27 bits per heavy atom. The van der Waals surface area contributed by atoms with E-state index in [4.69, 9.17) is 16.7 Å². The Kier molecular flexibility index (Phi) is 3.95. The summed E-state index contributed by atoms with van der Waals surface area (Å²) >= 11 is 6.07. The van der Waals surface area contributed by atoms with Crippen LogP contribution in [0.1, 0.15) is 25.7 Å². The molecule has 11 heavy (non-hydrogen) atoms. The van der Waals surface area contributed by atoms with Crippen LogP contribution in [0, 0.1) is 5.92 Å². The first-order chi connectivity index (χ1) is 5.34. The molecule has 0 spiro atoms. The van der Waals surface area contributed by atoms with Gasteiger partial charge in [-0.15, -0.1) is 11.6 Å². The first-order valence-corrected chi connectivity index (χ1v) is 4.68. The molecule has 1 N–H and O–H groups in total. The molecule has 0 aromatic heterocycles. The van der Waals surface area contributed by atoms with E-state index in [9.17, 15) is 0 Å². The predicted molar refractivity (Wildman–Crippen MR) is 47.8 cm³/mol. The molecule has 1 rings (SSSR count). The summed E-state index contributed by atoms with van der Waals surface area (Å²) in [7, 11) is 0. The number of aliphatic hydroxyl groups excluding tert-OH is 1. The fourth-order valence-corrected chi connectivity index (χ4v) is 1.76. The molecule has 0 aromatic carbocycles. The molecule has 2 unspecified atom stereocenters.